The summed E-state index contributed by atoms with van der Waals surface area (Å²) in [5.74, 6) is 6.00. The zero-order valence-corrected chi connectivity index (χ0v) is 11.6. The molecule has 0 amide bonds. The first-order chi connectivity index (χ1) is 9.67. The van der Waals surface area contributed by atoms with Crippen molar-refractivity contribution in [2.75, 3.05) is 6.61 Å². The molecule has 5 heteroatoms. The zero-order valence-electron chi connectivity index (χ0n) is 10.9. The standard InChI is InChI=1S/C15H16ClFN2O/c16-12-3-7-15(8-4-12)20-10-14(19-18)9-11-1-5-13(17)6-2-11/h1-8,14,19H,9-10,18H2. The van der Waals surface area contributed by atoms with Crippen LogP contribution in [0.15, 0.2) is 48.5 Å². The molecule has 2 aromatic rings. The van der Waals surface area contributed by atoms with Gasteiger partial charge in [0, 0.05) is 5.02 Å². The molecule has 3 N–H and O–H groups in total. The molecule has 0 spiro atoms. The molecule has 0 saturated heterocycles. The zero-order chi connectivity index (χ0) is 14.4. The smallest absolute Gasteiger partial charge is 0.123 e. The Morgan fingerprint density at radius 1 is 1.10 bits per heavy atom. The number of hydrazine groups is 1. The summed E-state index contributed by atoms with van der Waals surface area (Å²) in [6.07, 6.45) is 0.657. The van der Waals surface area contributed by atoms with Gasteiger partial charge in [-0.2, -0.15) is 0 Å². The first-order valence-electron chi connectivity index (χ1n) is 6.26. The maximum absolute atomic E-state index is 12.8. The first kappa shape index (κ1) is 14.8. The van der Waals surface area contributed by atoms with Gasteiger partial charge in [0.15, 0.2) is 0 Å². The van der Waals surface area contributed by atoms with Crippen LogP contribution in [0.1, 0.15) is 5.56 Å². The molecule has 0 aliphatic carbocycles. The second-order valence-electron chi connectivity index (χ2n) is 4.46. The molecule has 0 aromatic heterocycles. The maximum Gasteiger partial charge on any atom is 0.123 e. The predicted octanol–water partition coefficient (Wildman–Crippen LogP) is 2.93. The number of benzene rings is 2. The number of nitrogens with two attached hydrogens (primary N) is 1. The third kappa shape index (κ3) is 4.49. The lowest BCUT2D eigenvalue weighted by molar-refractivity contribution is 0.264. The van der Waals surface area contributed by atoms with Crippen LogP contribution in [-0.4, -0.2) is 12.6 Å². The second kappa shape index (κ2) is 7.24. The van der Waals surface area contributed by atoms with E-state index in [2.05, 4.69) is 5.43 Å². The van der Waals surface area contributed by atoms with Crippen LogP contribution in [-0.2, 0) is 6.42 Å². The SMILES string of the molecule is NNC(COc1ccc(Cl)cc1)Cc1ccc(F)cc1. The summed E-state index contributed by atoms with van der Waals surface area (Å²) in [6, 6.07) is 13.4. The molecule has 20 heavy (non-hydrogen) atoms. The molecule has 0 aliphatic rings. The van der Waals surface area contributed by atoms with Crippen LogP contribution >= 0.6 is 11.6 Å². The molecule has 2 aromatic carbocycles. The van der Waals surface area contributed by atoms with Gasteiger partial charge in [0.2, 0.25) is 0 Å². The highest BCUT2D eigenvalue weighted by atomic mass is 35.5. The molecule has 0 saturated carbocycles. The fourth-order valence-corrected chi connectivity index (χ4v) is 1.92. The Bertz CT molecular complexity index is 531. The van der Waals surface area contributed by atoms with Crippen molar-refractivity contribution in [2.45, 2.75) is 12.5 Å². The van der Waals surface area contributed by atoms with E-state index >= 15 is 0 Å². The van der Waals surface area contributed by atoms with E-state index in [9.17, 15) is 4.39 Å². The maximum atomic E-state index is 12.8. The van der Waals surface area contributed by atoms with Gasteiger partial charge in [0.1, 0.15) is 18.2 Å². The lowest BCUT2D eigenvalue weighted by Gasteiger charge is -2.17. The Kier molecular flexibility index (Phi) is 5.35. The van der Waals surface area contributed by atoms with Gasteiger partial charge in [-0.1, -0.05) is 23.7 Å². The van der Waals surface area contributed by atoms with Crippen LogP contribution in [0.5, 0.6) is 5.75 Å². The van der Waals surface area contributed by atoms with Gasteiger partial charge in [-0.05, 0) is 48.4 Å². The Morgan fingerprint density at radius 3 is 2.35 bits per heavy atom. The Labute approximate surface area is 122 Å². The van der Waals surface area contributed by atoms with Crippen molar-refractivity contribution in [3.8, 4) is 5.75 Å². The summed E-state index contributed by atoms with van der Waals surface area (Å²) in [4.78, 5) is 0. The topological polar surface area (TPSA) is 47.3 Å². The molecule has 0 radical (unpaired) electrons. The lowest BCUT2D eigenvalue weighted by atomic mass is 10.1. The van der Waals surface area contributed by atoms with E-state index < -0.39 is 0 Å². The number of rotatable bonds is 6. The van der Waals surface area contributed by atoms with Crippen LogP contribution < -0.4 is 16.0 Å². The summed E-state index contributed by atoms with van der Waals surface area (Å²) in [5, 5.41) is 0.664. The molecule has 2 rings (SSSR count). The molecule has 0 aliphatic heterocycles. The highest BCUT2D eigenvalue weighted by Gasteiger charge is 2.09. The van der Waals surface area contributed by atoms with Gasteiger partial charge in [0.25, 0.3) is 0 Å². The average molecular weight is 295 g/mol. The van der Waals surface area contributed by atoms with E-state index in [0.29, 0.717) is 18.1 Å². The largest absolute Gasteiger partial charge is 0.492 e. The number of halogens is 2. The molecular weight excluding hydrogens is 279 g/mol. The van der Waals surface area contributed by atoms with E-state index in [1.54, 1.807) is 36.4 Å². The van der Waals surface area contributed by atoms with E-state index in [4.69, 9.17) is 22.2 Å². The van der Waals surface area contributed by atoms with Crippen LogP contribution in [0.3, 0.4) is 0 Å². The monoisotopic (exact) mass is 294 g/mol. The molecule has 106 valence electrons. The van der Waals surface area contributed by atoms with E-state index in [1.165, 1.54) is 12.1 Å². The van der Waals surface area contributed by atoms with Crippen molar-refractivity contribution in [2.24, 2.45) is 5.84 Å². The Morgan fingerprint density at radius 2 is 1.75 bits per heavy atom. The highest BCUT2D eigenvalue weighted by molar-refractivity contribution is 6.30. The minimum absolute atomic E-state index is 0.0591. The number of hydrogen-bond donors (Lipinski definition) is 2. The molecule has 0 heterocycles. The molecule has 1 atom stereocenters. The lowest BCUT2D eigenvalue weighted by Crippen LogP contribution is -2.41. The minimum Gasteiger partial charge on any atom is -0.492 e. The second-order valence-corrected chi connectivity index (χ2v) is 4.90. The average Bonchev–Trinajstić information content (AvgIpc) is 2.47. The molecule has 3 nitrogen and oxygen atoms in total. The Balaban J connectivity index is 1.88. The predicted molar refractivity (Wildman–Crippen MR) is 78.2 cm³/mol. The van der Waals surface area contributed by atoms with Crippen molar-refractivity contribution in [3.05, 3.63) is 64.9 Å². The normalized spacial score (nSPS) is 12.2. The van der Waals surface area contributed by atoms with Crippen molar-refractivity contribution in [3.63, 3.8) is 0 Å². The third-order valence-corrected chi connectivity index (χ3v) is 3.15. The fourth-order valence-electron chi connectivity index (χ4n) is 1.80. The quantitative estimate of drug-likeness (QED) is 0.636. The molecule has 0 fully saturated rings. The van der Waals surface area contributed by atoms with Gasteiger partial charge in [-0.15, -0.1) is 0 Å². The molecule has 1 unspecified atom stereocenters. The number of hydrogen-bond acceptors (Lipinski definition) is 3. The van der Waals surface area contributed by atoms with Crippen molar-refractivity contribution in [1.82, 2.24) is 5.43 Å². The van der Waals surface area contributed by atoms with Crippen molar-refractivity contribution in [1.29, 1.82) is 0 Å². The van der Waals surface area contributed by atoms with Gasteiger partial charge in [-0.25, -0.2) is 4.39 Å². The summed E-state index contributed by atoms with van der Waals surface area (Å²) in [6.45, 7) is 0.412. The van der Waals surface area contributed by atoms with Crippen LogP contribution in [0, 0.1) is 5.82 Å². The fraction of sp³-hybridized carbons (Fsp3) is 0.200. The van der Waals surface area contributed by atoms with Crippen LogP contribution in [0.25, 0.3) is 0 Å². The highest BCUT2D eigenvalue weighted by Crippen LogP contribution is 2.16. The van der Waals surface area contributed by atoms with E-state index in [-0.39, 0.29) is 11.9 Å². The van der Waals surface area contributed by atoms with Gasteiger partial charge < -0.3 is 4.74 Å². The van der Waals surface area contributed by atoms with Crippen molar-refractivity contribution >= 4 is 11.6 Å². The van der Waals surface area contributed by atoms with Gasteiger partial charge in [-0.3, -0.25) is 11.3 Å². The summed E-state index contributed by atoms with van der Waals surface area (Å²) < 4.78 is 18.5. The Hall–Kier alpha value is -1.62. The summed E-state index contributed by atoms with van der Waals surface area (Å²) in [5.41, 5.74) is 3.70. The summed E-state index contributed by atoms with van der Waals surface area (Å²) >= 11 is 5.80. The van der Waals surface area contributed by atoms with E-state index in [1.807, 2.05) is 0 Å². The first-order valence-corrected chi connectivity index (χ1v) is 6.64. The minimum atomic E-state index is -0.247. The third-order valence-electron chi connectivity index (χ3n) is 2.90. The van der Waals surface area contributed by atoms with Crippen molar-refractivity contribution < 1.29 is 9.13 Å². The number of nitrogens with one attached hydrogen (secondary N) is 1. The molecule has 0 bridgehead atoms. The van der Waals surface area contributed by atoms with Crippen LogP contribution in [0.2, 0.25) is 5.02 Å². The van der Waals surface area contributed by atoms with E-state index in [0.717, 1.165) is 11.3 Å². The van der Waals surface area contributed by atoms with Gasteiger partial charge >= 0.3 is 0 Å². The van der Waals surface area contributed by atoms with Crippen LogP contribution in [0.4, 0.5) is 4.39 Å². The number of ether oxygens (including phenoxy) is 1. The summed E-state index contributed by atoms with van der Waals surface area (Å²) in [7, 11) is 0. The van der Waals surface area contributed by atoms with Gasteiger partial charge in [0.05, 0.1) is 6.04 Å². The molecular formula is C15H16ClFN2O.